The fraction of sp³-hybridized carbons (Fsp3) is 0.241. The first kappa shape index (κ1) is 19.8. The molecule has 2 heteroatoms. The lowest BCUT2D eigenvalue weighted by molar-refractivity contribution is 0.284. The van der Waals surface area contributed by atoms with Gasteiger partial charge in [0.2, 0.25) is 0 Å². The van der Waals surface area contributed by atoms with E-state index in [1.807, 2.05) is 12.1 Å². The van der Waals surface area contributed by atoms with E-state index in [1.165, 1.54) is 33.4 Å². The number of likely N-dealkylation sites (tertiary alicyclic amines) is 1. The molecule has 2 nitrogen and oxygen atoms in total. The molecule has 3 aromatic carbocycles. The molecular weight excluding hydrogens is 376 g/mol. The minimum atomic E-state index is 0.815. The van der Waals surface area contributed by atoms with Gasteiger partial charge in [-0.2, -0.15) is 0 Å². The van der Waals surface area contributed by atoms with Crippen LogP contribution in [0.25, 0.3) is 11.6 Å². The first-order chi connectivity index (χ1) is 15.3. The molecule has 31 heavy (non-hydrogen) atoms. The number of rotatable bonds is 3. The average molecular weight is 407 g/mol. The summed E-state index contributed by atoms with van der Waals surface area (Å²) in [6.07, 6.45) is 9.03. The SMILES string of the molecule is Nc1ccc(/C=C/CN2CCC(=C3c4ccccc4CCc4ccccc43)CC2)cc1. The second-order valence-corrected chi connectivity index (χ2v) is 8.66. The summed E-state index contributed by atoms with van der Waals surface area (Å²) < 4.78 is 0. The highest BCUT2D eigenvalue weighted by Crippen LogP contribution is 2.38. The Bertz CT molecular complexity index is 1060. The summed E-state index contributed by atoms with van der Waals surface area (Å²) in [6, 6.07) is 26.1. The third-order valence-electron chi connectivity index (χ3n) is 6.66. The predicted octanol–water partition coefficient (Wildman–Crippen LogP) is 5.98. The van der Waals surface area contributed by atoms with E-state index in [0.717, 1.165) is 51.0 Å². The Morgan fingerprint density at radius 1 is 0.710 bits per heavy atom. The van der Waals surface area contributed by atoms with Crippen LogP contribution in [0.15, 0.2) is 84.4 Å². The van der Waals surface area contributed by atoms with Gasteiger partial charge in [0, 0.05) is 25.3 Å². The van der Waals surface area contributed by atoms with Crippen LogP contribution in [-0.2, 0) is 12.8 Å². The summed E-state index contributed by atoms with van der Waals surface area (Å²) in [6.45, 7) is 3.24. The van der Waals surface area contributed by atoms with Crippen LogP contribution in [0.1, 0.15) is 40.7 Å². The number of piperidine rings is 1. The molecule has 0 bridgehead atoms. The molecule has 1 aliphatic heterocycles. The molecular formula is C29H30N2. The van der Waals surface area contributed by atoms with Crippen LogP contribution in [0.4, 0.5) is 5.69 Å². The van der Waals surface area contributed by atoms with Gasteiger partial charge in [0.05, 0.1) is 0 Å². The van der Waals surface area contributed by atoms with Gasteiger partial charge in [0.25, 0.3) is 0 Å². The highest BCUT2D eigenvalue weighted by molar-refractivity contribution is 5.86. The number of nitrogen functional groups attached to an aromatic ring is 1. The Morgan fingerprint density at radius 3 is 1.90 bits per heavy atom. The lowest BCUT2D eigenvalue weighted by Gasteiger charge is -2.29. The second kappa shape index (κ2) is 8.95. The maximum Gasteiger partial charge on any atom is 0.0314 e. The lowest BCUT2D eigenvalue weighted by Crippen LogP contribution is -2.31. The molecule has 0 saturated carbocycles. The number of nitrogens with zero attached hydrogens (tertiary/aromatic N) is 1. The third-order valence-corrected chi connectivity index (χ3v) is 6.66. The second-order valence-electron chi connectivity index (χ2n) is 8.66. The number of benzene rings is 3. The monoisotopic (exact) mass is 406 g/mol. The minimum absolute atomic E-state index is 0.815. The van der Waals surface area contributed by atoms with Gasteiger partial charge in [-0.3, -0.25) is 4.90 Å². The standard InChI is InChI=1S/C29H30N2/c30-26-15-11-22(12-16-26)6-5-19-31-20-17-25(18-21-31)29-27-9-3-1-7-23(27)13-14-24-8-2-4-10-28(24)29/h1-12,15-16H,13-14,17-21,30H2/b6-5+. The maximum absolute atomic E-state index is 5.78. The molecule has 0 spiro atoms. The van der Waals surface area contributed by atoms with Crippen molar-refractivity contribution < 1.29 is 0 Å². The van der Waals surface area contributed by atoms with E-state index in [2.05, 4.69) is 77.7 Å². The Kier molecular flexibility index (Phi) is 5.73. The van der Waals surface area contributed by atoms with Gasteiger partial charge in [0.15, 0.2) is 0 Å². The molecule has 0 atom stereocenters. The van der Waals surface area contributed by atoms with Gasteiger partial charge in [-0.1, -0.05) is 78.4 Å². The van der Waals surface area contributed by atoms with Gasteiger partial charge in [-0.15, -0.1) is 0 Å². The van der Waals surface area contributed by atoms with Crippen LogP contribution < -0.4 is 5.73 Å². The highest BCUT2D eigenvalue weighted by atomic mass is 15.1. The van der Waals surface area contributed by atoms with Gasteiger partial charge in [0.1, 0.15) is 0 Å². The minimum Gasteiger partial charge on any atom is -0.399 e. The molecule has 1 fully saturated rings. The zero-order valence-corrected chi connectivity index (χ0v) is 18.1. The van der Waals surface area contributed by atoms with E-state index in [9.17, 15) is 0 Å². The van der Waals surface area contributed by atoms with E-state index in [1.54, 1.807) is 5.57 Å². The van der Waals surface area contributed by atoms with E-state index in [0.29, 0.717) is 0 Å². The molecule has 1 heterocycles. The van der Waals surface area contributed by atoms with Crippen LogP contribution in [0.2, 0.25) is 0 Å². The fourth-order valence-electron chi connectivity index (χ4n) is 4.96. The number of hydrogen-bond acceptors (Lipinski definition) is 2. The topological polar surface area (TPSA) is 29.3 Å². The average Bonchev–Trinajstić information content (AvgIpc) is 2.98. The lowest BCUT2D eigenvalue weighted by atomic mass is 9.86. The van der Waals surface area contributed by atoms with Crippen LogP contribution >= 0.6 is 0 Å². The summed E-state index contributed by atoms with van der Waals surface area (Å²) in [5.41, 5.74) is 16.8. The summed E-state index contributed by atoms with van der Waals surface area (Å²) in [7, 11) is 0. The van der Waals surface area contributed by atoms with Gasteiger partial charge in [-0.25, -0.2) is 0 Å². The number of nitrogens with two attached hydrogens (primary N) is 1. The quantitative estimate of drug-likeness (QED) is 0.542. The van der Waals surface area contributed by atoms with Gasteiger partial charge < -0.3 is 5.73 Å². The Morgan fingerprint density at radius 2 is 1.29 bits per heavy atom. The van der Waals surface area contributed by atoms with Crippen LogP contribution in [0.5, 0.6) is 0 Å². The van der Waals surface area contributed by atoms with Crippen molar-refractivity contribution >= 4 is 17.3 Å². The zero-order chi connectivity index (χ0) is 21.0. The van der Waals surface area contributed by atoms with Crippen LogP contribution in [0.3, 0.4) is 0 Å². The Balaban J connectivity index is 1.35. The van der Waals surface area contributed by atoms with E-state index in [-0.39, 0.29) is 0 Å². The summed E-state index contributed by atoms with van der Waals surface area (Å²) in [4.78, 5) is 2.56. The molecule has 0 radical (unpaired) electrons. The van der Waals surface area contributed by atoms with Crippen molar-refractivity contribution in [3.8, 4) is 0 Å². The molecule has 0 aromatic heterocycles. The number of fused-ring (bicyclic) bond motifs is 2. The molecule has 1 aliphatic carbocycles. The Labute approximate surface area is 185 Å². The van der Waals surface area contributed by atoms with Crippen LogP contribution in [0, 0.1) is 0 Å². The number of anilines is 1. The van der Waals surface area contributed by atoms with Crippen molar-refractivity contribution in [3.05, 3.63) is 112 Å². The van der Waals surface area contributed by atoms with Crippen molar-refractivity contribution in [3.63, 3.8) is 0 Å². The van der Waals surface area contributed by atoms with E-state index >= 15 is 0 Å². The molecule has 0 amide bonds. The largest absolute Gasteiger partial charge is 0.399 e. The molecule has 1 saturated heterocycles. The predicted molar refractivity (Wildman–Crippen MR) is 132 cm³/mol. The highest BCUT2D eigenvalue weighted by Gasteiger charge is 2.23. The zero-order valence-electron chi connectivity index (χ0n) is 18.1. The van der Waals surface area contributed by atoms with E-state index in [4.69, 9.17) is 5.73 Å². The molecule has 0 unspecified atom stereocenters. The van der Waals surface area contributed by atoms with E-state index < -0.39 is 0 Å². The molecule has 2 aliphatic rings. The smallest absolute Gasteiger partial charge is 0.0314 e. The van der Waals surface area contributed by atoms with Gasteiger partial charge >= 0.3 is 0 Å². The first-order valence-corrected chi connectivity index (χ1v) is 11.4. The van der Waals surface area contributed by atoms with Crippen molar-refractivity contribution in [2.24, 2.45) is 0 Å². The number of aryl methyl sites for hydroxylation is 2. The van der Waals surface area contributed by atoms with Crippen molar-refractivity contribution in [2.75, 3.05) is 25.4 Å². The number of hydrogen-bond donors (Lipinski definition) is 1. The van der Waals surface area contributed by atoms with Gasteiger partial charge in [-0.05, 0) is 71.2 Å². The third kappa shape index (κ3) is 4.35. The first-order valence-electron chi connectivity index (χ1n) is 11.4. The normalized spacial score (nSPS) is 16.8. The fourth-order valence-corrected chi connectivity index (χ4v) is 4.96. The molecule has 3 aromatic rings. The molecule has 5 rings (SSSR count). The summed E-state index contributed by atoms with van der Waals surface area (Å²) >= 11 is 0. The Hall–Kier alpha value is -3.10. The molecule has 156 valence electrons. The summed E-state index contributed by atoms with van der Waals surface area (Å²) in [5.74, 6) is 0. The van der Waals surface area contributed by atoms with Crippen molar-refractivity contribution in [1.82, 2.24) is 4.90 Å². The summed E-state index contributed by atoms with van der Waals surface area (Å²) in [5, 5.41) is 0. The molecule has 2 N–H and O–H groups in total. The van der Waals surface area contributed by atoms with Crippen molar-refractivity contribution in [1.29, 1.82) is 0 Å². The van der Waals surface area contributed by atoms with Crippen LogP contribution in [-0.4, -0.2) is 24.5 Å². The van der Waals surface area contributed by atoms with Crippen molar-refractivity contribution in [2.45, 2.75) is 25.7 Å². The maximum atomic E-state index is 5.78.